The van der Waals surface area contributed by atoms with Gasteiger partial charge in [-0.3, -0.25) is 13.9 Å². The summed E-state index contributed by atoms with van der Waals surface area (Å²) in [6.07, 6.45) is 1.97. The van der Waals surface area contributed by atoms with Crippen LogP contribution >= 0.6 is 0 Å². The molecule has 4 aromatic rings. The number of hydrogen-bond donors (Lipinski definition) is 1. The molecule has 46 heavy (non-hydrogen) atoms. The number of ether oxygens (including phenoxy) is 1. The van der Waals surface area contributed by atoms with Crippen LogP contribution in [0.25, 0.3) is 0 Å². The Labute approximate surface area is 273 Å². The standard InChI is InChI=1S/C37H43N3O5S/c1-5-6-23-38-37(42)35(24-30-11-8-7-9-12-30)39(26-31-19-15-28(2)16-20-31)36(41)27-40(32-13-10-14-33(25-32)45-4)46(43,44)34-21-17-29(3)18-22-34/h7-22,25,35H,5-6,23-24,26-27H2,1-4H3,(H,38,42)/t35-/m0/s1. The minimum Gasteiger partial charge on any atom is -0.497 e. The van der Waals surface area contributed by atoms with Gasteiger partial charge >= 0.3 is 0 Å². The molecule has 0 heterocycles. The van der Waals surface area contributed by atoms with Crippen molar-refractivity contribution in [2.75, 3.05) is 24.5 Å². The maximum Gasteiger partial charge on any atom is 0.264 e. The Bertz CT molecular complexity index is 1690. The summed E-state index contributed by atoms with van der Waals surface area (Å²) < 4.78 is 34.9. The monoisotopic (exact) mass is 641 g/mol. The second kappa shape index (κ2) is 16.1. The number of anilines is 1. The number of hydrogen-bond acceptors (Lipinski definition) is 5. The normalized spacial score (nSPS) is 11.8. The number of methoxy groups -OCH3 is 1. The fourth-order valence-electron chi connectivity index (χ4n) is 5.08. The number of benzene rings is 4. The van der Waals surface area contributed by atoms with Crippen LogP contribution in [0.15, 0.2) is 108 Å². The summed E-state index contributed by atoms with van der Waals surface area (Å²) in [6, 6.07) is 29.5. The summed E-state index contributed by atoms with van der Waals surface area (Å²) >= 11 is 0. The molecule has 0 fully saturated rings. The molecule has 0 spiro atoms. The lowest BCUT2D eigenvalue weighted by atomic mass is 10.0. The number of unbranched alkanes of at least 4 members (excludes halogenated alkanes) is 1. The zero-order valence-electron chi connectivity index (χ0n) is 27.0. The van der Waals surface area contributed by atoms with E-state index in [9.17, 15) is 18.0 Å². The van der Waals surface area contributed by atoms with Crippen LogP contribution in [0.4, 0.5) is 5.69 Å². The van der Waals surface area contributed by atoms with E-state index in [0.717, 1.165) is 39.4 Å². The van der Waals surface area contributed by atoms with E-state index in [4.69, 9.17) is 4.74 Å². The topological polar surface area (TPSA) is 96.0 Å². The Morgan fingerprint density at radius 2 is 1.48 bits per heavy atom. The van der Waals surface area contributed by atoms with Gasteiger partial charge in [0, 0.05) is 25.6 Å². The van der Waals surface area contributed by atoms with E-state index in [1.807, 2.05) is 75.4 Å². The minimum absolute atomic E-state index is 0.0527. The third-order valence-electron chi connectivity index (χ3n) is 7.80. The van der Waals surface area contributed by atoms with E-state index in [2.05, 4.69) is 5.32 Å². The molecule has 242 valence electrons. The van der Waals surface area contributed by atoms with Gasteiger partial charge in [-0.1, -0.05) is 97.3 Å². The van der Waals surface area contributed by atoms with Gasteiger partial charge in [-0.05, 0) is 55.7 Å². The summed E-state index contributed by atoms with van der Waals surface area (Å²) in [7, 11) is -2.70. The Hall–Kier alpha value is -4.63. The smallest absolute Gasteiger partial charge is 0.264 e. The molecular formula is C37H43N3O5S. The molecular weight excluding hydrogens is 598 g/mol. The van der Waals surface area contributed by atoms with Gasteiger partial charge in [0.2, 0.25) is 11.8 Å². The second-order valence-electron chi connectivity index (χ2n) is 11.4. The first-order chi connectivity index (χ1) is 22.1. The van der Waals surface area contributed by atoms with Crippen LogP contribution in [0.3, 0.4) is 0 Å². The molecule has 0 aliphatic carbocycles. The minimum atomic E-state index is -4.20. The molecule has 8 nitrogen and oxygen atoms in total. The SMILES string of the molecule is CCCCNC(=O)[C@H](Cc1ccccc1)N(Cc1ccc(C)cc1)C(=O)CN(c1cccc(OC)c1)S(=O)(=O)c1ccc(C)cc1. The molecule has 0 aliphatic rings. The summed E-state index contributed by atoms with van der Waals surface area (Å²) in [6.45, 7) is 5.97. The maximum atomic E-state index is 14.6. The summed E-state index contributed by atoms with van der Waals surface area (Å²) in [5.41, 5.74) is 3.96. The van der Waals surface area contributed by atoms with Gasteiger partial charge in [0.25, 0.3) is 10.0 Å². The van der Waals surface area contributed by atoms with Crippen molar-refractivity contribution in [1.29, 1.82) is 0 Å². The zero-order valence-corrected chi connectivity index (χ0v) is 27.8. The highest BCUT2D eigenvalue weighted by molar-refractivity contribution is 7.92. The lowest BCUT2D eigenvalue weighted by Gasteiger charge is -2.34. The average Bonchev–Trinajstić information content (AvgIpc) is 3.06. The number of nitrogens with one attached hydrogen (secondary N) is 1. The predicted octanol–water partition coefficient (Wildman–Crippen LogP) is 6.06. The van der Waals surface area contributed by atoms with Crippen LogP contribution in [-0.2, 0) is 32.6 Å². The molecule has 1 atom stereocenters. The van der Waals surface area contributed by atoms with Gasteiger partial charge in [0.1, 0.15) is 18.3 Å². The van der Waals surface area contributed by atoms with Crippen LogP contribution in [0.2, 0.25) is 0 Å². The first kappa shape index (κ1) is 34.2. The van der Waals surface area contributed by atoms with Crippen LogP contribution in [0.1, 0.15) is 42.0 Å². The van der Waals surface area contributed by atoms with E-state index in [-0.39, 0.29) is 29.5 Å². The van der Waals surface area contributed by atoms with Crippen molar-refractivity contribution < 1.29 is 22.7 Å². The lowest BCUT2D eigenvalue weighted by Crippen LogP contribution is -2.53. The quantitative estimate of drug-likeness (QED) is 0.159. The molecule has 0 saturated heterocycles. The number of amides is 2. The molecule has 0 unspecified atom stereocenters. The van der Waals surface area contributed by atoms with Crippen molar-refractivity contribution in [3.8, 4) is 5.75 Å². The van der Waals surface area contributed by atoms with E-state index < -0.39 is 28.5 Å². The molecule has 4 aromatic carbocycles. The first-order valence-electron chi connectivity index (χ1n) is 15.5. The van der Waals surface area contributed by atoms with Crippen molar-refractivity contribution in [2.24, 2.45) is 0 Å². The highest BCUT2D eigenvalue weighted by Crippen LogP contribution is 2.28. The highest BCUT2D eigenvalue weighted by atomic mass is 32.2. The molecule has 0 bridgehead atoms. The Kier molecular flexibility index (Phi) is 12.0. The fraction of sp³-hybridized carbons (Fsp3) is 0.297. The predicted molar refractivity (Wildman–Crippen MR) is 182 cm³/mol. The average molecular weight is 642 g/mol. The Balaban J connectivity index is 1.80. The first-order valence-corrected chi connectivity index (χ1v) is 17.0. The maximum absolute atomic E-state index is 14.6. The summed E-state index contributed by atoms with van der Waals surface area (Å²) in [4.78, 5) is 30.0. The third-order valence-corrected chi connectivity index (χ3v) is 9.59. The Morgan fingerprint density at radius 3 is 2.11 bits per heavy atom. The molecule has 0 aromatic heterocycles. The van der Waals surface area contributed by atoms with Crippen molar-refractivity contribution in [1.82, 2.24) is 10.2 Å². The van der Waals surface area contributed by atoms with Crippen molar-refractivity contribution in [2.45, 2.75) is 57.5 Å². The lowest BCUT2D eigenvalue weighted by molar-refractivity contribution is -0.140. The molecule has 4 rings (SSSR count). The van der Waals surface area contributed by atoms with Gasteiger partial charge in [-0.15, -0.1) is 0 Å². The van der Waals surface area contributed by atoms with Crippen LogP contribution in [-0.4, -0.2) is 51.4 Å². The summed E-state index contributed by atoms with van der Waals surface area (Å²) in [5.74, 6) is -0.347. The largest absolute Gasteiger partial charge is 0.497 e. The number of aryl methyl sites for hydroxylation is 2. The van der Waals surface area contributed by atoms with Gasteiger partial charge in [-0.25, -0.2) is 8.42 Å². The molecule has 0 saturated carbocycles. The Morgan fingerprint density at radius 1 is 0.826 bits per heavy atom. The third kappa shape index (κ3) is 8.97. The number of sulfonamides is 1. The van der Waals surface area contributed by atoms with Crippen molar-refractivity contribution in [3.63, 3.8) is 0 Å². The fourth-order valence-corrected chi connectivity index (χ4v) is 6.49. The second-order valence-corrected chi connectivity index (χ2v) is 13.2. The number of carbonyl (C=O) groups excluding carboxylic acids is 2. The van der Waals surface area contributed by atoms with E-state index >= 15 is 0 Å². The van der Waals surface area contributed by atoms with Crippen LogP contribution in [0.5, 0.6) is 5.75 Å². The molecule has 9 heteroatoms. The van der Waals surface area contributed by atoms with Crippen LogP contribution < -0.4 is 14.4 Å². The van der Waals surface area contributed by atoms with Gasteiger partial charge in [0.05, 0.1) is 17.7 Å². The van der Waals surface area contributed by atoms with E-state index in [1.165, 1.54) is 24.1 Å². The van der Waals surface area contributed by atoms with Crippen LogP contribution in [0, 0.1) is 13.8 Å². The van der Waals surface area contributed by atoms with Crippen molar-refractivity contribution in [3.05, 3.63) is 125 Å². The zero-order chi connectivity index (χ0) is 33.1. The van der Waals surface area contributed by atoms with E-state index in [1.54, 1.807) is 36.4 Å². The van der Waals surface area contributed by atoms with E-state index in [0.29, 0.717) is 12.3 Å². The van der Waals surface area contributed by atoms with Gasteiger partial charge in [-0.2, -0.15) is 0 Å². The molecule has 0 radical (unpaired) electrons. The van der Waals surface area contributed by atoms with Gasteiger partial charge in [0.15, 0.2) is 0 Å². The van der Waals surface area contributed by atoms with Crippen molar-refractivity contribution >= 4 is 27.5 Å². The molecule has 2 amide bonds. The molecule has 0 aliphatic heterocycles. The summed E-state index contributed by atoms with van der Waals surface area (Å²) in [5, 5.41) is 3.01. The highest BCUT2D eigenvalue weighted by Gasteiger charge is 2.34. The van der Waals surface area contributed by atoms with Gasteiger partial charge < -0.3 is 15.0 Å². The number of rotatable bonds is 15. The molecule has 1 N–H and O–H groups in total. The number of nitrogens with zero attached hydrogens (tertiary/aromatic N) is 2. The number of carbonyl (C=O) groups is 2.